The summed E-state index contributed by atoms with van der Waals surface area (Å²) >= 11 is 0. The number of carbonyl (C=O) groups is 3. The summed E-state index contributed by atoms with van der Waals surface area (Å²) in [7, 11) is 0. The van der Waals surface area contributed by atoms with Gasteiger partial charge in [-0.05, 0) is 67.4 Å². The molecule has 0 spiro atoms. The number of anilines is 2. The lowest BCUT2D eigenvalue weighted by Gasteiger charge is -2.09. The molecule has 1 aromatic heterocycles. The molecule has 1 fully saturated rings. The number of rotatable bonds is 6. The maximum Gasteiger partial charge on any atom is 0.291 e. The van der Waals surface area contributed by atoms with Crippen molar-refractivity contribution >= 4 is 29.1 Å². The van der Waals surface area contributed by atoms with Crippen LogP contribution in [0.4, 0.5) is 11.4 Å². The second-order valence-electron chi connectivity index (χ2n) is 6.79. The molecule has 1 aliphatic carbocycles. The first-order valence-corrected chi connectivity index (χ1v) is 9.26. The van der Waals surface area contributed by atoms with Gasteiger partial charge in [0.15, 0.2) is 5.76 Å². The van der Waals surface area contributed by atoms with Crippen molar-refractivity contribution in [3.8, 4) is 0 Å². The Balaban J connectivity index is 1.38. The number of carbonyl (C=O) groups excluding carboxylic acids is 3. The van der Waals surface area contributed by atoms with E-state index in [9.17, 15) is 14.4 Å². The molecule has 7 nitrogen and oxygen atoms in total. The molecule has 0 bridgehead atoms. The van der Waals surface area contributed by atoms with E-state index in [1.54, 1.807) is 60.7 Å². The molecule has 0 saturated heterocycles. The molecule has 1 aliphatic rings. The molecule has 29 heavy (non-hydrogen) atoms. The fourth-order valence-corrected chi connectivity index (χ4v) is 2.74. The molecule has 3 N–H and O–H groups in total. The van der Waals surface area contributed by atoms with E-state index in [1.165, 1.54) is 6.26 Å². The molecular formula is C22H19N3O4. The Kier molecular flexibility index (Phi) is 5.11. The molecule has 0 unspecified atom stereocenters. The summed E-state index contributed by atoms with van der Waals surface area (Å²) in [6, 6.07) is 16.8. The second kappa shape index (κ2) is 8.02. The number of amides is 3. The first kappa shape index (κ1) is 18.5. The van der Waals surface area contributed by atoms with Crippen molar-refractivity contribution in [1.29, 1.82) is 0 Å². The molecule has 3 aromatic rings. The lowest BCUT2D eigenvalue weighted by atomic mass is 10.1. The van der Waals surface area contributed by atoms with Gasteiger partial charge in [0.1, 0.15) is 0 Å². The molecule has 7 heteroatoms. The van der Waals surface area contributed by atoms with E-state index >= 15 is 0 Å². The minimum Gasteiger partial charge on any atom is -0.459 e. The summed E-state index contributed by atoms with van der Waals surface area (Å²) < 4.78 is 5.04. The molecule has 0 aliphatic heterocycles. The van der Waals surface area contributed by atoms with Crippen LogP contribution >= 0.6 is 0 Å². The highest BCUT2D eigenvalue weighted by atomic mass is 16.3. The predicted molar refractivity (Wildman–Crippen MR) is 108 cm³/mol. The smallest absolute Gasteiger partial charge is 0.291 e. The molecule has 1 saturated carbocycles. The topological polar surface area (TPSA) is 100 Å². The van der Waals surface area contributed by atoms with Gasteiger partial charge in [0.25, 0.3) is 17.7 Å². The minimum absolute atomic E-state index is 0.139. The highest BCUT2D eigenvalue weighted by Crippen LogP contribution is 2.20. The number of hydrogen-bond donors (Lipinski definition) is 3. The SMILES string of the molecule is O=C(Nc1cccc(C(=O)NC2CC2)c1)c1ccc(NC(=O)c2ccco2)cc1. The van der Waals surface area contributed by atoms with Crippen LogP contribution in [0.15, 0.2) is 71.3 Å². The van der Waals surface area contributed by atoms with Gasteiger partial charge in [-0.25, -0.2) is 0 Å². The molecule has 0 radical (unpaired) electrons. The zero-order valence-corrected chi connectivity index (χ0v) is 15.5. The number of benzene rings is 2. The maximum absolute atomic E-state index is 12.5. The Morgan fingerprint density at radius 3 is 2.21 bits per heavy atom. The normalized spacial score (nSPS) is 12.8. The van der Waals surface area contributed by atoms with Crippen LogP contribution in [0.2, 0.25) is 0 Å². The Hall–Kier alpha value is -3.87. The van der Waals surface area contributed by atoms with Crippen molar-refractivity contribution in [2.75, 3.05) is 10.6 Å². The summed E-state index contributed by atoms with van der Waals surface area (Å²) in [6.45, 7) is 0. The standard InChI is InChI=1S/C22H19N3O4/c26-20(25-18-4-1-3-15(13-18)21(27)23-17-10-11-17)14-6-8-16(9-7-14)24-22(28)19-5-2-12-29-19/h1-9,12-13,17H,10-11H2,(H,23,27)(H,24,28)(H,25,26). The van der Waals surface area contributed by atoms with Crippen molar-refractivity contribution in [1.82, 2.24) is 5.32 Å². The molecule has 2 aromatic carbocycles. The Labute approximate surface area is 167 Å². The maximum atomic E-state index is 12.5. The van der Waals surface area contributed by atoms with Crippen molar-refractivity contribution in [2.45, 2.75) is 18.9 Å². The molecule has 3 amide bonds. The quantitative estimate of drug-likeness (QED) is 0.599. The van der Waals surface area contributed by atoms with Gasteiger partial charge in [0, 0.05) is 28.5 Å². The average molecular weight is 389 g/mol. The van der Waals surface area contributed by atoms with Gasteiger partial charge in [0.05, 0.1) is 6.26 Å². The van der Waals surface area contributed by atoms with Crippen LogP contribution < -0.4 is 16.0 Å². The number of nitrogens with one attached hydrogen (secondary N) is 3. The molecule has 1 heterocycles. The summed E-state index contributed by atoms with van der Waals surface area (Å²) in [5.74, 6) is -0.611. The zero-order chi connectivity index (χ0) is 20.2. The lowest BCUT2D eigenvalue weighted by molar-refractivity contribution is 0.0948. The van der Waals surface area contributed by atoms with Crippen LogP contribution in [-0.2, 0) is 0 Å². The second-order valence-corrected chi connectivity index (χ2v) is 6.79. The van der Waals surface area contributed by atoms with E-state index < -0.39 is 0 Å². The fourth-order valence-electron chi connectivity index (χ4n) is 2.74. The van der Waals surface area contributed by atoms with E-state index in [0.717, 1.165) is 12.8 Å². The van der Waals surface area contributed by atoms with Crippen molar-refractivity contribution in [3.05, 3.63) is 83.8 Å². The van der Waals surface area contributed by atoms with Crippen LogP contribution in [0.1, 0.15) is 44.1 Å². The summed E-state index contributed by atoms with van der Waals surface area (Å²) in [4.78, 5) is 36.6. The highest BCUT2D eigenvalue weighted by molar-refractivity contribution is 6.06. The molecule has 146 valence electrons. The third kappa shape index (κ3) is 4.70. The van der Waals surface area contributed by atoms with E-state index in [-0.39, 0.29) is 29.5 Å². The van der Waals surface area contributed by atoms with E-state index in [2.05, 4.69) is 16.0 Å². The Morgan fingerprint density at radius 1 is 0.759 bits per heavy atom. The van der Waals surface area contributed by atoms with E-state index in [0.29, 0.717) is 22.5 Å². The molecule has 0 atom stereocenters. The van der Waals surface area contributed by atoms with Crippen LogP contribution in [0, 0.1) is 0 Å². The van der Waals surface area contributed by atoms with Gasteiger partial charge in [-0.1, -0.05) is 6.07 Å². The Bertz CT molecular complexity index is 1040. The average Bonchev–Trinajstić information content (AvgIpc) is 3.36. The van der Waals surface area contributed by atoms with Gasteiger partial charge in [-0.2, -0.15) is 0 Å². The van der Waals surface area contributed by atoms with E-state index in [1.807, 2.05) is 0 Å². The van der Waals surface area contributed by atoms with Crippen LogP contribution in [0.3, 0.4) is 0 Å². The lowest BCUT2D eigenvalue weighted by Crippen LogP contribution is -2.25. The number of hydrogen-bond acceptors (Lipinski definition) is 4. The molecular weight excluding hydrogens is 370 g/mol. The van der Waals surface area contributed by atoms with Crippen LogP contribution in [0.25, 0.3) is 0 Å². The van der Waals surface area contributed by atoms with Crippen molar-refractivity contribution in [2.24, 2.45) is 0 Å². The van der Waals surface area contributed by atoms with Crippen molar-refractivity contribution in [3.63, 3.8) is 0 Å². The minimum atomic E-state index is -0.367. The first-order chi connectivity index (χ1) is 14.1. The summed E-state index contributed by atoms with van der Waals surface area (Å²) in [6.07, 6.45) is 3.45. The monoisotopic (exact) mass is 389 g/mol. The van der Waals surface area contributed by atoms with Gasteiger partial charge in [0.2, 0.25) is 0 Å². The summed E-state index contributed by atoms with van der Waals surface area (Å²) in [5, 5.41) is 8.40. The summed E-state index contributed by atoms with van der Waals surface area (Å²) in [5.41, 5.74) is 2.01. The fraction of sp³-hybridized carbons (Fsp3) is 0.136. The van der Waals surface area contributed by atoms with Gasteiger partial charge in [-0.15, -0.1) is 0 Å². The highest BCUT2D eigenvalue weighted by Gasteiger charge is 2.23. The van der Waals surface area contributed by atoms with Crippen LogP contribution in [0.5, 0.6) is 0 Å². The van der Waals surface area contributed by atoms with Crippen LogP contribution in [-0.4, -0.2) is 23.8 Å². The van der Waals surface area contributed by atoms with Gasteiger partial charge in [-0.3, -0.25) is 14.4 Å². The third-order valence-corrected chi connectivity index (χ3v) is 4.45. The van der Waals surface area contributed by atoms with E-state index in [4.69, 9.17) is 4.42 Å². The van der Waals surface area contributed by atoms with Gasteiger partial charge < -0.3 is 20.4 Å². The predicted octanol–water partition coefficient (Wildman–Crippen LogP) is 3.68. The zero-order valence-electron chi connectivity index (χ0n) is 15.5. The third-order valence-electron chi connectivity index (χ3n) is 4.45. The van der Waals surface area contributed by atoms with Gasteiger partial charge >= 0.3 is 0 Å². The largest absolute Gasteiger partial charge is 0.459 e. The first-order valence-electron chi connectivity index (χ1n) is 9.26. The van der Waals surface area contributed by atoms with Crippen molar-refractivity contribution < 1.29 is 18.8 Å². The number of furan rings is 1. The Morgan fingerprint density at radius 2 is 1.52 bits per heavy atom. The molecule has 4 rings (SSSR count).